The minimum Gasteiger partial charge on any atom is -0.406 e. The first-order valence-electron chi connectivity index (χ1n) is 9.71. The van der Waals surface area contributed by atoms with E-state index in [4.69, 9.17) is 4.42 Å². The third-order valence-electron chi connectivity index (χ3n) is 5.20. The van der Waals surface area contributed by atoms with E-state index in [1.807, 2.05) is 6.92 Å². The van der Waals surface area contributed by atoms with Crippen LogP contribution in [-0.2, 0) is 11.3 Å². The molecule has 9 nitrogen and oxygen atoms in total. The van der Waals surface area contributed by atoms with Crippen molar-refractivity contribution in [2.45, 2.75) is 38.8 Å². The number of oxazole rings is 1. The van der Waals surface area contributed by atoms with Crippen molar-refractivity contribution in [2.24, 2.45) is 0 Å². The Morgan fingerprint density at radius 2 is 1.97 bits per heavy atom. The van der Waals surface area contributed by atoms with E-state index >= 15 is 0 Å². The standard InChI is InChI=1S/C21H21N5O4/c1-3-13(11-26-18-16(30-21(26)29)9-6-10-22-18)23-19(27)12(2)17-14-7-4-5-8-15(14)20(28)25-24-17/h4-10,12-13H,3,11H2,1-2H3,(H,23,27)(H,25,28)/t12-,13+/m0/s1. The van der Waals surface area contributed by atoms with E-state index in [1.165, 1.54) is 4.57 Å². The van der Waals surface area contributed by atoms with Crippen LogP contribution in [0.1, 0.15) is 31.9 Å². The summed E-state index contributed by atoms with van der Waals surface area (Å²) < 4.78 is 6.63. The highest BCUT2D eigenvalue weighted by Crippen LogP contribution is 2.21. The highest BCUT2D eigenvalue weighted by atomic mass is 16.4. The summed E-state index contributed by atoms with van der Waals surface area (Å²) in [5.41, 5.74) is 1.04. The number of hydrogen-bond donors (Lipinski definition) is 2. The van der Waals surface area contributed by atoms with Crippen molar-refractivity contribution in [3.63, 3.8) is 0 Å². The molecule has 0 spiro atoms. The molecule has 0 unspecified atom stereocenters. The molecule has 1 amide bonds. The number of hydrogen-bond acceptors (Lipinski definition) is 6. The summed E-state index contributed by atoms with van der Waals surface area (Å²) in [5, 5.41) is 10.7. The highest BCUT2D eigenvalue weighted by Gasteiger charge is 2.23. The maximum Gasteiger partial charge on any atom is 0.421 e. The quantitative estimate of drug-likeness (QED) is 0.503. The number of fused-ring (bicyclic) bond motifs is 2. The average molecular weight is 407 g/mol. The number of aromatic amines is 1. The lowest BCUT2D eigenvalue weighted by atomic mass is 10.0. The number of nitrogens with one attached hydrogen (secondary N) is 2. The van der Waals surface area contributed by atoms with Gasteiger partial charge in [0.15, 0.2) is 11.2 Å². The minimum absolute atomic E-state index is 0.234. The van der Waals surface area contributed by atoms with Crippen LogP contribution in [-0.4, -0.2) is 31.7 Å². The maximum atomic E-state index is 12.9. The van der Waals surface area contributed by atoms with E-state index in [9.17, 15) is 14.4 Å². The lowest BCUT2D eigenvalue weighted by Gasteiger charge is -2.20. The van der Waals surface area contributed by atoms with Crippen molar-refractivity contribution in [2.75, 3.05) is 0 Å². The molecule has 0 fully saturated rings. The molecule has 2 N–H and O–H groups in total. The third kappa shape index (κ3) is 3.49. The van der Waals surface area contributed by atoms with Gasteiger partial charge in [-0.05, 0) is 31.5 Å². The van der Waals surface area contributed by atoms with Crippen molar-refractivity contribution in [3.05, 3.63) is 69.2 Å². The van der Waals surface area contributed by atoms with Crippen molar-refractivity contribution in [1.29, 1.82) is 0 Å². The van der Waals surface area contributed by atoms with Crippen molar-refractivity contribution >= 4 is 27.9 Å². The van der Waals surface area contributed by atoms with Gasteiger partial charge in [0.25, 0.3) is 5.56 Å². The first kappa shape index (κ1) is 19.6. The molecule has 0 saturated carbocycles. The van der Waals surface area contributed by atoms with E-state index < -0.39 is 11.7 Å². The van der Waals surface area contributed by atoms with Gasteiger partial charge < -0.3 is 9.73 Å². The predicted molar refractivity (Wildman–Crippen MR) is 111 cm³/mol. The summed E-state index contributed by atoms with van der Waals surface area (Å²) in [5.74, 6) is -1.37. The van der Waals surface area contributed by atoms with Gasteiger partial charge in [0.1, 0.15) is 0 Å². The van der Waals surface area contributed by atoms with Crippen LogP contribution in [0.3, 0.4) is 0 Å². The number of carbonyl (C=O) groups excluding carboxylic acids is 1. The molecular formula is C21H21N5O4. The lowest BCUT2D eigenvalue weighted by molar-refractivity contribution is -0.123. The van der Waals surface area contributed by atoms with Crippen LogP contribution in [0.5, 0.6) is 0 Å². The van der Waals surface area contributed by atoms with Crippen LogP contribution in [0, 0.1) is 0 Å². The first-order chi connectivity index (χ1) is 14.5. The van der Waals surface area contributed by atoms with Gasteiger partial charge in [-0.1, -0.05) is 25.1 Å². The summed E-state index contributed by atoms with van der Waals surface area (Å²) in [6.07, 6.45) is 2.19. The third-order valence-corrected chi connectivity index (χ3v) is 5.20. The largest absolute Gasteiger partial charge is 0.421 e. The second-order valence-corrected chi connectivity index (χ2v) is 7.12. The number of benzene rings is 1. The SMILES string of the molecule is CC[C@H](Cn1c(=O)oc2cccnc21)NC(=O)[C@@H](C)c1n[nH]c(=O)c2ccccc12. The van der Waals surface area contributed by atoms with Gasteiger partial charge in [0.05, 0.1) is 23.5 Å². The molecule has 3 aromatic heterocycles. The molecule has 0 bridgehead atoms. The summed E-state index contributed by atoms with van der Waals surface area (Å²) >= 11 is 0. The van der Waals surface area contributed by atoms with Crippen LogP contribution in [0.2, 0.25) is 0 Å². The van der Waals surface area contributed by atoms with Gasteiger partial charge in [0, 0.05) is 17.6 Å². The Morgan fingerprint density at radius 1 is 1.20 bits per heavy atom. The molecule has 0 aliphatic rings. The predicted octanol–water partition coefficient (Wildman–Crippen LogP) is 1.92. The van der Waals surface area contributed by atoms with E-state index in [1.54, 1.807) is 49.5 Å². The lowest BCUT2D eigenvalue weighted by Crippen LogP contribution is -2.41. The Kier molecular flexibility index (Phi) is 5.18. The number of nitrogens with zero attached hydrogens (tertiary/aromatic N) is 3. The monoisotopic (exact) mass is 407 g/mol. The minimum atomic E-state index is -0.600. The van der Waals surface area contributed by atoms with Gasteiger partial charge in [-0.25, -0.2) is 14.9 Å². The van der Waals surface area contributed by atoms with Gasteiger partial charge in [-0.3, -0.25) is 14.2 Å². The Morgan fingerprint density at radius 3 is 2.73 bits per heavy atom. The topological polar surface area (TPSA) is 123 Å². The molecule has 0 aliphatic heterocycles. The molecule has 2 atom stereocenters. The number of rotatable bonds is 6. The van der Waals surface area contributed by atoms with Crippen LogP contribution < -0.4 is 16.6 Å². The van der Waals surface area contributed by atoms with Crippen LogP contribution in [0.4, 0.5) is 0 Å². The zero-order valence-corrected chi connectivity index (χ0v) is 16.6. The normalized spacial score (nSPS) is 13.4. The highest BCUT2D eigenvalue weighted by molar-refractivity contribution is 5.91. The van der Waals surface area contributed by atoms with Gasteiger partial charge in [0.2, 0.25) is 5.91 Å². The molecule has 30 heavy (non-hydrogen) atoms. The first-order valence-corrected chi connectivity index (χ1v) is 9.71. The molecule has 4 aromatic rings. The fourth-order valence-corrected chi connectivity index (χ4v) is 3.47. The zero-order chi connectivity index (χ0) is 21.3. The summed E-state index contributed by atoms with van der Waals surface area (Å²) in [6.45, 7) is 3.89. The fourth-order valence-electron chi connectivity index (χ4n) is 3.47. The number of amides is 1. The molecular weight excluding hydrogens is 386 g/mol. The van der Waals surface area contributed by atoms with Crippen molar-refractivity contribution in [3.8, 4) is 0 Å². The smallest absolute Gasteiger partial charge is 0.406 e. The van der Waals surface area contributed by atoms with E-state index in [2.05, 4.69) is 20.5 Å². The average Bonchev–Trinajstić information content (AvgIpc) is 3.08. The second kappa shape index (κ2) is 7.94. The van der Waals surface area contributed by atoms with E-state index in [-0.39, 0.29) is 24.1 Å². The molecule has 4 rings (SSSR count). The van der Waals surface area contributed by atoms with Crippen LogP contribution in [0.15, 0.2) is 56.6 Å². The number of H-pyrrole nitrogens is 1. The zero-order valence-electron chi connectivity index (χ0n) is 16.6. The van der Waals surface area contributed by atoms with Gasteiger partial charge >= 0.3 is 5.76 Å². The molecule has 9 heteroatoms. The van der Waals surface area contributed by atoms with Crippen molar-refractivity contribution < 1.29 is 9.21 Å². The summed E-state index contributed by atoms with van der Waals surface area (Å²) in [4.78, 5) is 41.4. The molecule has 3 heterocycles. The van der Waals surface area contributed by atoms with Gasteiger partial charge in [-0.2, -0.15) is 5.10 Å². The Bertz CT molecular complexity index is 1340. The summed E-state index contributed by atoms with van der Waals surface area (Å²) in [6, 6.07) is 10.1. The van der Waals surface area contributed by atoms with Crippen molar-refractivity contribution in [1.82, 2.24) is 25.1 Å². The number of aromatic nitrogens is 4. The number of pyridine rings is 1. The molecule has 154 valence electrons. The van der Waals surface area contributed by atoms with E-state index in [0.29, 0.717) is 34.1 Å². The second-order valence-electron chi connectivity index (χ2n) is 7.12. The Labute approximate surface area is 170 Å². The van der Waals surface area contributed by atoms with E-state index in [0.717, 1.165) is 0 Å². The fraction of sp³-hybridized carbons (Fsp3) is 0.286. The van der Waals surface area contributed by atoms with Crippen LogP contribution in [0.25, 0.3) is 22.0 Å². The number of carbonyl (C=O) groups is 1. The van der Waals surface area contributed by atoms with Gasteiger partial charge in [-0.15, -0.1) is 0 Å². The molecule has 0 aliphatic carbocycles. The molecule has 0 saturated heterocycles. The Balaban J connectivity index is 1.58. The maximum absolute atomic E-state index is 12.9. The van der Waals surface area contributed by atoms with Crippen LogP contribution >= 0.6 is 0 Å². The molecule has 0 radical (unpaired) electrons. The Hall–Kier alpha value is -3.75. The molecule has 1 aromatic carbocycles. The summed E-state index contributed by atoms with van der Waals surface area (Å²) in [7, 11) is 0.